The standard InChI is InChI=1S/C18H18N2O2/c1-19(15-8-4-2-5-9-15)13-14-12-17(21)20(18(14)22)16-10-6-3-7-11-16/h2-11,14H,12-13H2,1H3. The van der Waals surface area contributed by atoms with Gasteiger partial charge in [-0.25, -0.2) is 0 Å². The molecule has 112 valence electrons. The van der Waals surface area contributed by atoms with Crippen molar-refractivity contribution in [2.75, 3.05) is 23.4 Å². The van der Waals surface area contributed by atoms with Crippen molar-refractivity contribution in [3.63, 3.8) is 0 Å². The summed E-state index contributed by atoms with van der Waals surface area (Å²) in [6.07, 6.45) is 0.269. The largest absolute Gasteiger partial charge is 0.374 e. The third-order valence-corrected chi connectivity index (χ3v) is 3.95. The Hall–Kier alpha value is -2.62. The number of hydrogen-bond donors (Lipinski definition) is 0. The Kier molecular flexibility index (Phi) is 3.92. The Morgan fingerprint density at radius 3 is 2.23 bits per heavy atom. The van der Waals surface area contributed by atoms with Crippen LogP contribution in [0.3, 0.4) is 0 Å². The Labute approximate surface area is 130 Å². The van der Waals surface area contributed by atoms with Gasteiger partial charge in [-0.3, -0.25) is 14.5 Å². The van der Waals surface area contributed by atoms with Crippen LogP contribution in [0.25, 0.3) is 0 Å². The minimum atomic E-state index is -0.294. The van der Waals surface area contributed by atoms with Crippen molar-refractivity contribution in [1.29, 1.82) is 0 Å². The molecule has 0 aliphatic carbocycles. The lowest BCUT2D eigenvalue weighted by Crippen LogP contribution is -2.34. The molecule has 0 saturated carbocycles. The number of imide groups is 1. The Morgan fingerprint density at radius 1 is 1.00 bits per heavy atom. The number of carbonyl (C=O) groups is 2. The van der Waals surface area contributed by atoms with Crippen LogP contribution in [0.1, 0.15) is 6.42 Å². The van der Waals surface area contributed by atoms with Crippen LogP contribution in [0.15, 0.2) is 60.7 Å². The van der Waals surface area contributed by atoms with Crippen molar-refractivity contribution in [3.8, 4) is 0 Å². The van der Waals surface area contributed by atoms with Crippen molar-refractivity contribution >= 4 is 23.2 Å². The molecule has 1 unspecified atom stereocenters. The predicted molar refractivity (Wildman–Crippen MR) is 86.8 cm³/mol. The molecule has 0 radical (unpaired) electrons. The van der Waals surface area contributed by atoms with Gasteiger partial charge in [-0.15, -0.1) is 0 Å². The zero-order valence-corrected chi connectivity index (χ0v) is 12.5. The maximum atomic E-state index is 12.6. The molecule has 1 fully saturated rings. The second kappa shape index (κ2) is 6.02. The number of amides is 2. The van der Waals surface area contributed by atoms with Gasteiger partial charge in [0.2, 0.25) is 11.8 Å². The minimum Gasteiger partial charge on any atom is -0.374 e. The number of benzene rings is 2. The summed E-state index contributed by atoms with van der Waals surface area (Å²) >= 11 is 0. The number of anilines is 2. The summed E-state index contributed by atoms with van der Waals surface area (Å²) in [5, 5.41) is 0. The average Bonchev–Trinajstić information content (AvgIpc) is 2.83. The first-order chi connectivity index (χ1) is 10.7. The van der Waals surface area contributed by atoms with E-state index >= 15 is 0 Å². The van der Waals surface area contributed by atoms with Crippen LogP contribution in [0.4, 0.5) is 11.4 Å². The minimum absolute atomic E-state index is 0.112. The molecule has 1 aliphatic heterocycles. The monoisotopic (exact) mass is 294 g/mol. The Bertz CT molecular complexity index is 670. The molecule has 4 nitrogen and oxygen atoms in total. The van der Waals surface area contributed by atoms with Gasteiger partial charge in [0, 0.05) is 25.7 Å². The molecule has 22 heavy (non-hydrogen) atoms. The lowest BCUT2D eigenvalue weighted by molar-refractivity contribution is -0.122. The van der Waals surface area contributed by atoms with E-state index in [4.69, 9.17) is 0 Å². The molecule has 1 aliphatic rings. The quantitative estimate of drug-likeness (QED) is 0.814. The van der Waals surface area contributed by atoms with E-state index in [9.17, 15) is 9.59 Å². The summed E-state index contributed by atoms with van der Waals surface area (Å²) in [6.45, 7) is 0.540. The SMILES string of the molecule is CN(CC1CC(=O)N(c2ccccc2)C1=O)c1ccccc1. The highest BCUT2D eigenvalue weighted by atomic mass is 16.2. The van der Waals surface area contributed by atoms with E-state index in [-0.39, 0.29) is 24.2 Å². The van der Waals surface area contributed by atoms with Crippen molar-refractivity contribution in [2.24, 2.45) is 5.92 Å². The fourth-order valence-electron chi connectivity index (χ4n) is 2.80. The van der Waals surface area contributed by atoms with E-state index in [2.05, 4.69) is 0 Å². The van der Waals surface area contributed by atoms with Crippen molar-refractivity contribution in [1.82, 2.24) is 0 Å². The second-order valence-corrected chi connectivity index (χ2v) is 5.52. The molecule has 1 heterocycles. The van der Waals surface area contributed by atoms with Crippen LogP contribution < -0.4 is 9.80 Å². The van der Waals surface area contributed by atoms with E-state index in [1.165, 1.54) is 4.90 Å². The summed E-state index contributed by atoms with van der Waals surface area (Å²) in [5.74, 6) is -0.528. The first kappa shape index (κ1) is 14.3. The maximum Gasteiger partial charge on any atom is 0.239 e. The van der Waals surface area contributed by atoms with Gasteiger partial charge in [0.1, 0.15) is 0 Å². The molecule has 0 spiro atoms. The fraction of sp³-hybridized carbons (Fsp3) is 0.222. The lowest BCUT2D eigenvalue weighted by atomic mass is 10.1. The summed E-state index contributed by atoms with van der Waals surface area (Å²) in [4.78, 5) is 28.1. The van der Waals surface area contributed by atoms with Crippen LogP contribution in [0.5, 0.6) is 0 Å². The summed E-state index contributed by atoms with van der Waals surface area (Å²) in [6, 6.07) is 19.0. The summed E-state index contributed by atoms with van der Waals surface area (Å²) in [5.41, 5.74) is 1.70. The molecule has 2 aromatic carbocycles. The van der Waals surface area contributed by atoms with Crippen molar-refractivity contribution in [3.05, 3.63) is 60.7 Å². The average molecular weight is 294 g/mol. The highest BCUT2D eigenvalue weighted by Gasteiger charge is 2.39. The van der Waals surface area contributed by atoms with Crippen LogP contribution in [0, 0.1) is 5.92 Å². The first-order valence-corrected chi connectivity index (χ1v) is 7.35. The molecule has 2 aromatic rings. The molecule has 1 atom stereocenters. The van der Waals surface area contributed by atoms with E-state index < -0.39 is 0 Å². The third kappa shape index (κ3) is 2.72. The Morgan fingerprint density at radius 2 is 1.59 bits per heavy atom. The molecule has 1 saturated heterocycles. The fourth-order valence-corrected chi connectivity index (χ4v) is 2.80. The van der Waals surface area contributed by atoms with E-state index in [0.717, 1.165) is 5.69 Å². The van der Waals surface area contributed by atoms with Crippen LogP contribution in [-0.2, 0) is 9.59 Å². The van der Waals surface area contributed by atoms with Crippen molar-refractivity contribution in [2.45, 2.75) is 6.42 Å². The first-order valence-electron chi connectivity index (χ1n) is 7.35. The third-order valence-electron chi connectivity index (χ3n) is 3.95. The van der Waals surface area contributed by atoms with Crippen LogP contribution >= 0.6 is 0 Å². The van der Waals surface area contributed by atoms with Gasteiger partial charge < -0.3 is 4.90 Å². The number of carbonyl (C=O) groups excluding carboxylic acids is 2. The van der Waals surface area contributed by atoms with Gasteiger partial charge in [-0.05, 0) is 24.3 Å². The molecular weight excluding hydrogens is 276 g/mol. The van der Waals surface area contributed by atoms with Gasteiger partial charge in [-0.1, -0.05) is 36.4 Å². The number of rotatable bonds is 4. The number of hydrogen-bond acceptors (Lipinski definition) is 3. The molecule has 3 rings (SSSR count). The van der Waals surface area contributed by atoms with Crippen LogP contribution in [0.2, 0.25) is 0 Å². The van der Waals surface area contributed by atoms with Gasteiger partial charge in [0.05, 0.1) is 11.6 Å². The zero-order chi connectivity index (χ0) is 15.5. The van der Waals surface area contributed by atoms with E-state index in [0.29, 0.717) is 12.2 Å². The number of nitrogens with zero attached hydrogens (tertiary/aromatic N) is 2. The van der Waals surface area contributed by atoms with Gasteiger partial charge in [-0.2, -0.15) is 0 Å². The zero-order valence-electron chi connectivity index (χ0n) is 12.5. The Balaban J connectivity index is 1.74. The second-order valence-electron chi connectivity index (χ2n) is 5.52. The highest BCUT2D eigenvalue weighted by molar-refractivity contribution is 6.21. The summed E-state index contributed by atoms with van der Waals surface area (Å²) < 4.78 is 0. The molecule has 0 bridgehead atoms. The maximum absolute atomic E-state index is 12.6. The lowest BCUT2D eigenvalue weighted by Gasteiger charge is -2.22. The topological polar surface area (TPSA) is 40.6 Å². The molecule has 0 aromatic heterocycles. The van der Waals surface area contributed by atoms with E-state index in [1.807, 2.05) is 60.5 Å². The van der Waals surface area contributed by atoms with Gasteiger partial charge >= 0.3 is 0 Å². The molecule has 4 heteroatoms. The normalized spacial score (nSPS) is 17.9. The molecule has 2 amide bonds. The smallest absolute Gasteiger partial charge is 0.239 e. The summed E-state index contributed by atoms with van der Waals surface area (Å²) in [7, 11) is 1.94. The van der Waals surface area contributed by atoms with E-state index in [1.54, 1.807) is 12.1 Å². The van der Waals surface area contributed by atoms with Gasteiger partial charge in [0.15, 0.2) is 0 Å². The highest BCUT2D eigenvalue weighted by Crippen LogP contribution is 2.27. The number of para-hydroxylation sites is 2. The molecular formula is C18H18N2O2. The van der Waals surface area contributed by atoms with Crippen LogP contribution in [-0.4, -0.2) is 25.4 Å². The predicted octanol–water partition coefficient (Wildman–Crippen LogP) is 2.70. The van der Waals surface area contributed by atoms with Gasteiger partial charge in [0.25, 0.3) is 0 Å². The van der Waals surface area contributed by atoms with Crippen molar-refractivity contribution < 1.29 is 9.59 Å². The molecule has 0 N–H and O–H groups in total.